The van der Waals surface area contributed by atoms with Crippen molar-refractivity contribution in [2.24, 2.45) is 0 Å². The van der Waals surface area contributed by atoms with E-state index < -0.39 is 25.5 Å². The summed E-state index contributed by atoms with van der Waals surface area (Å²) in [4.78, 5) is 22.6. The lowest BCUT2D eigenvalue weighted by atomic mass is 10.3. The van der Waals surface area contributed by atoms with Crippen LogP contribution in [0.1, 0.15) is 0 Å². The van der Waals surface area contributed by atoms with Gasteiger partial charge in [0.1, 0.15) is 11.0 Å². The van der Waals surface area contributed by atoms with Crippen LogP contribution in [0.3, 0.4) is 0 Å². The average Bonchev–Trinajstić information content (AvgIpc) is 3.02. The molecule has 1 aromatic heterocycles. The predicted molar refractivity (Wildman–Crippen MR) is 106 cm³/mol. The van der Waals surface area contributed by atoms with Gasteiger partial charge in [-0.15, -0.1) is 11.6 Å². The second-order valence-electron chi connectivity index (χ2n) is 5.61. The summed E-state index contributed by atoms with van der Waals surface area (Å²) in [7, 11) is -3.71. The third-order valence-corrected chi connectivity index (χ3v) is 6.16. The first kappa shape index (κ1) is 19.9. The lowest BCUT2D eigenvalue weighted by Gasteiger charge is -2.08. The average molecular weight is 443 g/mol. The molecule has 2 aromatic carbocycles. The van der Waals surface area contributed by atoms with Gasteiger partial charge in [-0.2, -0.15) is 0 Å². The molecule has 9 nitrogen and oxygen atoms in total. The van der Waals surface area contributed by atoms with Crippen molar-refractivity contribution in [1.82, 2.24) is 9.78 Å². The molecule has 0 spiro atoms. The van der Waals surface area contributed by atoms with Gasteiger partial charge in [0.15, 0.2) is 9.84 Å². The Morgan fingerprint density at radius 2 is 1.93 bits per heavy atom. The van der Waals surface area contributed by atoms with Gasteiger partial charge in [0.05, 0.1) is 20.5 Å². The normalized spacial score (nSPS) is 11.4. The van der Waals surface area contributed by atoms with Crippen LogP contribution in [-0.2, 0) is 9.84 Å². The van der Waals surface area contributed by atoms with Gasteiger partial charge >= 0.3 is 0 Å². The monoisotopic (exact) mass is 442 g/mol. The summed E-state index contributed by atoms with van der Waals surface area (Å²) in [5.74, 6) is 0.229. The van der Waals surface area contributed by atoms with Gasteiger partial charge in [0.2, 0.25) is 0 Å². The van der Waals surface area contributed by atoms with Crippen LogP contribution in [0.5, 0.6) is 0 Å². The second kappa shape index (κ2) is 7.66. The number of halogens is 2. The Labute approximate surface area is 168 Å². The largest absolute Gasteiger partial charge is 0.340 e. The van der Waals surface area contributed by atoms with Crippen molar-refractivity contribution in [2.45, 2.75) is 4.90 Å². The summed E-state index contributed by atoms with van der Waals surface area (Å²) in [5.41, 5.74) is -0.138. The maximum absolute atomic E-state index is 12.3. The number of alkyl halides is 1. The van der Waals surface area contributed by atoms with Crippen LogP contribution in [0.15, 0.2) is 58.2 Å². The van der Waals surface area contributed by atoms with E-state index in [2.05, 4.69) is 10.4 Å². The van der Waals surface area contributed by atoms with Gasteiger partial charge in [0.25, 0.3) is 11.2 Å². The van der Waals surface area contributed by atoms with Crippen molar-refractivity contribution >= 4 is 50.2 Å². The first-order valence-electron chi connectivity index (χ1n) is 7.63. The highest BCUT2D eigenvalue weighted by molar-refractivity contribution is 7.92. The third kappa shape index (κ3) is 4.03. The molecule has 0 saturated carbocycles. The number of hydrogen-bond acceptors (Lipinski definition) is 6. The summed E-state index contributed by atoms with van der Waals surface area (Å²) < 4.78 is 25.0. The van der Waals surface area contributed by atoms with Gasteiger partial charge in [0, 0.05) is 23.9 Å². The zero-order chi connectivity index (χ0) is 20.5. The fourth-order valence-corrected chi connectivity index (χ4v) is 3.68. The van der Waals surface area contributed by atoms with E-state index in [1.807, 2.05) is 0 Å². The third-order valence-electron chi connectivity index (χ3n) is 3.72. The zero-order valence-corrected chi connectivity index (χ0v) is 16.3. The summed E-state index contributed by atoms with van der Waals surface area (Å²) >= 11 is 11.6. The van der Waals surface area contributed by atoms with E-state index in [0.29, 0.717) is 5.69 Å². The standard InChI is InChI=1S/C16H12Cl2N4O5S/c17-9-28(26,27)12-4-5-13(18)14(7-12)21-16(23)8-15(20-21)19-10-2-1-3-11(6-10)22(24)25/h1-8,19-20H,9H2. The number of sulfone groups is 1. The number of nitrogens with zero attached hydrogens (tertiary/aromatic N) is 2. The zero-order valence-electron chi connectivity index (χ0n) is 13.9. The van der Waals surface area contributed by atoms with Crippen molar-refractivity contribution in [3.63, 3.8) is 0 Å². The first-order chi connectivity index (χ1) is 13.2. The van der Waals surface area contributed by atoms with Crippen molar-refractivity contribution < 1.29 is 13.3 Å². The molecular formula is C16H12Cl2N4O5S. The molecule has 1 heterocycles. The quantitative estimate of drug-likeness (QED) is 0.341. The minimum absolute atomic E-state index is 0.0865. The topological polar surface area (TPSA) is 127 Å². The van der Waals surface area contributed by atoms with Gasteiger partial charge in [-0.25, -0.2) is 13.1 Å². The van der Waals surface area contributed by atoms with E-state index in [9.17, 15) is 23.3 Å². The van der Waals surface area contributed by atoms with Crippen molar-refractivity contribution in [3.05, 3.63) is 74.0 Å². The minimum atomic E-state index is -3.71. The minimum Gasteiger partial charge on any atom is -0.340 e. The van der Waals surface area contributed by atoms with Crippen LogP contribution in [0.4, 0.5) is 17.2 Å². The molecule has 0 aliphatic heterocycles. The van der Waals surface area contributed by atoms with Crippen molar-refractivity contribution in [1.29, 1.82) is 0 Å². The number of rotatable bonds is 6. The fourth-order valence-electron chi connectivity index (χ4n) is 2.41. The van der Waals surface area contributed by atoms with E-state index in [4.69, 9.17) is 23.2 Å². The number of nitro groups is 1. The lowest BCUT2D eigenvalue weighted by Crippen LogP contribution is -2.15. The predicted octanol–water partition coefficient (Wildman–Crippen LogP) is 3.44. The molecule has 3 rings (SSSR count). The molecule has 0 saturated heterocycles. The first-order valence-corrected chi connectivity index (χ1v) is 10.2. The highest BCUT2D eigenvalue weighted by atomic mass is 35.5. The lowest BCUT2D eigenvalue weighted by molar-refractivity contribution is -0.384. The number of H-pyrrole nitrogens is 1. The molecule has 0 radical (unpaired) electrons. The Bertz CT molecular complexity index is 1220. The van der Waals surface area contributed by atoms with Gasteiger partial charge < -0.3 is 5.32 Å². The van der Waals surface area contributed by atoms with Gasteiger partial charge in [-0.3, -0.25) is 20.0 Å². The number of nitro benzene ring substituents is 1. The molecule has 12 heteroatoms. The van der Waals surface area contributed by atoms with Crippen LogP contribution in [-0.4, -0.2) is 28.3 Å². The Morgan fingerprint density at radius 1 is 1.18 bits per heavy atom. The van der Waals surface area contributed by atoms with E-state index in [1.165, 1.54) is 42.5 Å². The molecule has 0 fully saturated rings. The van der Waals surface area contributed by atoms with Crippen LogP contribution in [0.2, 0.25) is 5.02 Å². The number of anilines is 2. The maximum atomic E-state index is 12.3. The molecule has 3 aromatic rings. The van der Waals surface area contributed by atoms with Crippen LogP contribution in [0.25, 0.3) is 5.69 Å². The SMILES string of the molecule is O=c1cc(Nc2cccc([N+](=O)[O-])c2)[nH]n1-c1cc(S(=O)(=O)CCl)ccc1Cl. The molecule has 0 bridgehead atoms. The van der Waals surface area contributed by atoms with Gasteiger partial charge in [-0.1, -0.05) is 17.7 Å². The highest BCUT2D eigenvalue weighted by Crippen LogP contribution is 2.25. The summed E-state index contributed by atoms with van der Waals surface area (Å²) in [6.07, 6.45) is 0. The van der Waals surface area contributed by atoms with Crippen LogP contribution >= 0.6 is 23.2 Å². The van der Waals surface area contributed by atoms with E-state index in [0.717, 1.165) is 4.68 Å². The Balaban J connectivity index is 1.99. The van der Waals surface area contributed by atoms with E-state index >= 15 is 0 Å². The molecular weight excluding hydrogens is 431 g/mol. The Morgan fingerprint density at radius 3 is 2.61 bits per heavy atom. The summed E-state index contributed by atoms with van der Waals surface area (Å²) in [6.45, 7) is 0. The molecule has 28 heavy (non-hydrogen) atoms. The Kier molecular flexibility index (Phi) is 5.45. The molecule has 0 amide bonds. The van der Waals surface area contributed by atoms with Gasteiger partial charge in [-0.05, 0) is 24.3 Å². The fraction of sp³-hybridized carbons (Fsp3) is 0.0625. The number of hydrogen-bond donors (Lipinski definition) is 2. The molecule has 146 valence electrons. The van der Waals surface area contributed by atoms with E-state index in [1.54, 1.807) is 6.07 Å². The van der Waals surface area contributed by atoms with Crippen LogP contribution < -0.4 is 10.9 Å². The van der Waals surface area contributed by atoms with Crippen LogP contribution in [0, 0.1) is 10.1 Å². The number of benzene rings is 2. The van der Waals surface area contributed by atoms with Crippen molar-refractivity contribution in [2.75, 3.05) is 10.5 Å². The molecule has 0 aliphatic carbocycles. The molecule has 0 aliphatic rings. The number of aromatic nitrogens is 2. The number of aromatic amines is 1. The van der Waals surface area contributed by atoms with E-state index in [-0.39, 0.29) is 27.1 Å². The molecule has 0 unspecified atom stereocenters. The number of nitrogens with one attached hydrogen (secondary N) is 2. The second-order valence-corrected chi connectivity index (χ2v) is 8.59. The maximum Gasteiger partial charge on any atom is 0.273 e. The molecule has 0 atom stereocenters. The highest BCUT2D eigenvalue weighted by Gasteiger charge is 2.17. The molecule has 2 N–H and O–H groups in total. The summed E-state index contributed by atoms with van der Waals surface area (Å²) in [5, 5.41) is 16.0. The Hall–Kier alpha value is -2.82. The van der Waals surface area contributed by atoms with Crippen molar-refractivity contribution in [3.8, 4) is 5.69 Å². The number of non-ortho nitro benzene ring substituents is 1. The smallest absolute Gasteiger partial charge is 0.273 e. The summed E-state index contributed by atoms with van der Waals surface area (Å²) in [6, 6.07) is 10.8.